The first-order chi connectivity index (χ1) is 20.3. The van der Waals surface area contributed by atoms with E-state index in [1.165, 1.54) is 27.9 Å². The van der Waals surface area contributed by atoms with Crippen molar-refractivity contribution in [2.75, 3.05) is 4.90 Å². The summed E-state index contributed by atoms with van der Waals surface area (Å²) >= 11 is 0. The fourth-order valence-corrected chi connectivity index (χ4v) is 7.00. The fourth-order valence-electron chi connectivity index (χ4n) is 7.00. The van der Waals surface area contributed by atoms with Gasteiger partial charge in [0, 0.05) is 49.4 Å². The van der Waals surface area contributed by atoms with Crippen LogP contribution >= 0.6 is 0 Å². The zero-order chi connectivity index (χ0) is 29.0. The molecule has 5 aromatic rings. The van der Waals surface area contributed by atoms with E-state index >= 15 is 0 Å². The molecule has 0 bridgehead atoms. The molecule has 2 heterocycles. The predicted molar refractivity (Wildman–Crippen MR) is 169 cm³/mol. The van der Waals surface area contributed by atoms with Crippen LogP contribution in [0, 0.1) is 19.9 Å². The smallest absolute Gasteiger partial charge is 0.217 e. The van der Waals surface area contributed by atoms with Gasteiger partial charge in [-0.15, -0.1) is 23.8 Å². The molecule has 6 heteroatoms. The van der Waals surface area contributed by atoms with E-state index in [4.69, 9.17) is 9.73 Å². The second-order valence-corrected chi connectivity index (χ2v) is 12.0. The molecule has 0 fully saturated rings. The minimum Gasteiger partial charge on any atom is -0.506 e. The minimum absolute atomic E-state index is 0. The Kier molecular flexibility index (Phi) is 7.64. The predicted octanol–water partition coefficient (Wildman–Crippen LogP) is 8.08. The molecular formula is C37H34N3O2Pt-. The normalized spacial score (nSPS) is 18.7. The van der Waals surface area contributed by atoms with Crippen molar-refractivity contribution < 1.29 is 30.9 Å². The topological polar surface area (TPSA) is 58.0 Å². The van der Waals surface area contributed by atoms with E-state index in [2.05, 4.69) is 92.2 Å². The fraction of sp³-hybridized carbons (Fsp3) is 0.243. The van der Waals surface area contributed by atoms with E-state index < -0.39 is 0 Å². The third-order valence-corrected chi connectivity index (χ3v) is 8.90. The number of phenolic OH excluding ortho intramolecular Hbond substituents is 1. The summed E-state index contributed by atoms with van der Waals surface area (Å²) in [6, 6.07) is 34.2. The standard InChI is InChI=1S/C37H34N3O2.Pt/c1-23-10-7-11-24(2)34(23)40-35-30(20-18-25-12-5-6-16-29(25)37(35,3)4)38-36(40)27-14-8-15-28(22-27)42-32-21-19-26-13-9-17-31(41)33(26)39-32;/h5-17,19,21,30,35,41H,18,20H2,1-4H3;/q-1;/t30-,35-;/m0./s1. The van der Waals surface area contributed by atoms with Gasteiger partial charge in [0.05, 0.1) is 17.9 Å². The van der Waals surface area contributed by atoms with E-state index in [0.29, 0.717) is 17.1 Å². The molecule has 0 unspecified atom stereocenters. The second-order valence-electron chi connectivity index (χ2n) is 12.0. The van der Waals surface area contributed by atoms with Crippen LogP contribution in [0.25, 0.3) is 10.9 Å². The number of amidine groups is 1. The number of aromatic hydroxyl groups is 1. The molecule has 0 amide bonds. The largest absolute Gasteiger partial charge is 0.506 e. The van der Waals surface area contributed by atoms with E-state index in [-0.39, 0.29) is 44.3 Å². The molecule has 0 saturated carbocycles. The molecular weight excluding hydrogens is 714 g/mol. The summed E-state index contributed by atoms with van der Waals surface area (Å²) in [5.74, 6) is 2.00. The van der Waals surface area contributed by atoms with Gasteiger partial charge in [-0.1, -0.05) is 74.5 Å². The minimum atomic E-state index is -0.150. The van der Waals surface area contributed by atoms with Crippen LogP contribution in [0.5, 0.6) is 17.4 Å². The van der Waals surface area contributed by atoms with Gasteiger partial charge < -0.3 is 19.7 Å². The molecule has 4 aromatic carbocycles. The van der Waals surface area contributed by atoms with Gasteiger partial charge in [-0.25, -0.2) is 4.98 Å². The first kappa shape index (κ1) is 29.1. The average molecular weight is 748 g/mol. The summed E-state index contributed by atoms with van der Waals surface area (Å²) in [4.78, 5) is 12.5. The van der Waals surface area contributed by atoms with Gasteiger partial charge in [0.1, 0.15) is 11.3 Å². The Hall–Kier alpha value is -3.95. The summed E-state index contributed by atoms with van der Waals surface area (Å²) in [7, 11) is 0. The van der Waals surface area contributed by atoms with Gasteiger partial charge in [-0.2, -0.15) is 0 Å². The number of pyridine rings is 1. The van der Waals surface area contributed by atoms with Crippen LogP contribution < -0.4 is 9.64 Å². The van der Waals surface area contributed by atoms with Crippen molar-refractivity contribution in [2.45, 2.75) is 58.0 Å². The molecule has 0 saturated heterocycles. The van der Waals surface area contributed by atoms with Crippen LogP contribution in [0.1, 0.15) is 48.1 Å². The summed E-state index contributed by atoms with van der Waals surface area (Å²) in [5.41, 5.74) is 7.73. The van der Waals surface area contributed by atoms with Crippen molar-refractivity contribution in [3.8, 4) is 17.4 Å². The van der Waals surface area contributed by atoms with E-state index in [0.717, 1.165) is 29.6 Å². The first-order valence-corrected chi connectivity index (χ1v) is 14.6. The molecule has 0 spiro atoms. The zero-order valence-corrected chi connectivity index (χ0v) is 27.0. The summed E-state index contributed by atoms with van der Waals surface area (Å²) in [6.45, 7) is 9.12. The number of ether oxygens (including phenoxy) is 1. The number of fused-ring (bicyclic) bond motifs is 3. The zero-order valence-electron chi connectivity index (χ0n) is 24.7. The number of rotatable bonds is 4. The van der Waals surface area contributed by atoms with Crippen LogP contribution in [0.15, 0.2) is 96.0 Å². The number of aliphatic imine (C=N–C) groups is 1. The Morgan fingerprint density at radius 2 is 1.63 bits per heavy atom. The average Bonchev–Trinajstić information content (AvgIpc) is 3.32. The molecule has 2 atom stereocenters. The number of nitrogens with zero attached hydrogens (tertiary/aromatic N) is 3. The van der Waals surface area contributed by atoms with Crippen molar-refractivity contribution in [3.63, 3.8) is 0 Å². The summed E-state index contributed by atoms with van der Waals surface area (Å²) in [6.07, 6.45) is 1.99. The van der Waals surface area contributed by atoms with Gasteiger partial charge >= 0.3 is 0 Å². The molecule has 7 rings (SSSR count). The SMILES string of the molecule is Cc1cccc(C)c1N1C(c2[c-]c(Oc3ccc4cccc(O)c4n3)ccc2)=N[C@H]2CCc3ccccc3C(C)(C)[C@H]21.[Pt]. The maximum Gasteiger partial charge on any atom is 0.217 e. The van der Waals surface area contributed by atoms with Crippen molar-refractivity contribution >= 4 is 22.4 Å². The Balaban J connectivity index is 0.00000329. The van der Waals surface area contributed by atoms with Gasteiger partial charge in [0.25, 0.3) is 0 Å². The maximum absolute atomic E-state index is 10.3. The van der Waals surface area contributed by atoms with Crippen LogP contribution in [0.2, 0.25) is 0 Å². The molecule has 0 radical (unpaired) electrons. The molecule has 1 aromatic heterocycles. The van der Waals surface area contributed by atoms with Gasteiger partial charge in [-0.05, 0) is 61.1 Å². The van der Waals surface area contributed by atoms with Crippen molar-refractivity contribution in [3.05, 3.63) is 125 Å². The van der Waals surface area contributed by atoms with Gasteiger partial charge in [-0.3, -0.25) is 0 Å². The maximum atomic E-state index is 10.3. The first-order valence-electron chi connectivity index (χ1n) is 14.6. The van der Waals surface area contributed by atoms with E-state index in [9.17, 15) is 5.11 Å². The van der Waals surface area contributed by atoms with Crippen molar-refractivity contribution in [1.29, 1.82) is 0 Å². The molecule has 1 N–H and O–H groups in total. The molecule has 43 heavy (non-hydrogen) atoms. The number of anilines is 1. The van der Waals surface area contributed by atoms with Crippen LogP contribution in [-0.2, 0) is 32.9 Å². The number of aromatic nitrogens is 1. The molecule has 2 aliphatic rings. The van der Waals surface area contributed by atoms with Crippen molar-refractivity contribution in [1.82, 2.24) is 4.98 Å². The molecule has 220 valence electrons. The summed E-state index contributed by atoms with van der Waals surface area (Å²) in [5, 5.41) is 11.2. The molecule has 5 nitrogen and oxygen atoms in total. The third kappa shape index (κ3) is 5.04. The number of aryl methyl sites for hydroxylation is 3. The Labute approximate surface area is 267 Å². The molecule has 1 aliphatic heterocycles. The molecule has 1 aliphatic carbocycles. The third-order valence-electron chi connectivity index (χ3n) is 8.90. The van der Waals surface area contributed by atoms with E-state index in [1.54, 1.807) is 12.1 Å². The van der Waals surface area contributed by atoms with Gasteiger partial charge in [0.15, 0.2) is 0 Å². The van der Waals surface area contributed by atoms with Crippen LogP contribution in [0.3, 0.4) is 0 Å². The quantitative estimate of drug-likeness (QED) is 0.189. The number of phenols is 1. The van der Waals surface area contributed by atoms with Gasteiger partial charge in [0.2, 0.25) is 5.88 Å². The number of para-hydroxylation sites is 2. The second kappa shape index (κ2) is 11.3. The van der Waals surface area contributed by atoms with Crippen LogP contribution in [0.4, 0.5) is 5.69 Å². The summed E-state index contributed by atoms with van der Waals surface area (Å²) < 4.78 is 6.20. The Morgan fingerprint density at radius 3 is 2.44 bits per heavy atom. The number of hydrogen-bond donors (Lipinski definition) is 1. The van der Waals surface area contributed by atoms with Crippen molar-refractivity contribution in [2.24, 2.45) is 4.99 Å². The van der Waals surface area contributed by atoms with E-state index in [1.807, 2.05) is 30.3 Å². The Bertz CT molecular complexity index is 1840. The number of hydrogen-bond acceptors (Lipinski definition) is 5. The Morgan fingerprint density at radius 1 is 0.884 bits per heavy atom. The van der Waals surface area contributed by atoms with Crippen LogP contribution in [-0.4, -0.2) is 28.0 Å². The monoisotopic (exact) mass is 747 g/mol. The number of benzene rings is 4.